The second-order valence-electron chi connectivity index (χ2n) is 8.29. The number of aliphatic hydroxyl groups excluding tert-OH is 1. The number of benzene rings is 1. The number of nitrogens with one attached hydrogen (secondary N) is 1. The largest absolute Gasteiger partial charge is 0.480 e. The molecular formula is C23H20N2O6S4. The van der Waals surface area contributed by atoms with Gasteiger partial charge in [-0.05, 0) is 29.1 Å². The number of carboxylic acid groups (broad SMARTS) is 1. The molecule has 2 aliphatic heterocycles. The van der Waals surface area contributed by atoms with Crippen LogP contribution in [0, 0.1) is 0 Å². The number of amides is 2. The minimum atomic E-state index is -1.33. The van der Waals surface area contributed by atoms with E-state index in [0.717, 1.165) is 16.6 Å². The van der Waals surface area contributed by atoms with Crippen molar-refractivity contribution >= 4 is 74.1 Å². The number of hydrogen-bond donors (Lipinski definition) is 3. The molecule has 12 heteroatoms. The molecular weight excluding hydrogens is 529 g/mol. The first-order valence-electron chi connectivity index (χ1n) is 10.6. The van der Waals surface area contributed by atoms with Gasteiger partial charge in [0.1, 0.15) is 16.2 Å². The van der Waals surface area contributed by atoms with E-state index in [1.54, 1.807) is 18.2 Å². The Hall–Kier alpha value is -2.38. The highest BCUT2D eigenvalue weighted by molar-refractivity contribution is 8.06. The van der Waals surface area contributed by atoms with Crippen LogP contribution in [0.3, 0.4) is 0 Å². The van der Waals surface area contributed by atoms with Gasteiger partial charge in [0.25, 0.3) is 0 Å². The molecule has 2 aliphatic rings. The highest BCUT2D eigenvalue weighted by Gasteiger charge is 2.58. The Kier molecular flexibility index (Phi) is 6.66. The zero-order valence-electron chi connectivity index (χ0n) is 18.1. The van der Waals surface area contributed by atoms with Crippen molar-refractivity contribution in [3.8, 4) is 0 Å². The van der Waals surface area contributed by atoms with E-state index in [1.807, 2.05) is 17.5 Å². The van der Waals surface area contributed by atoms with Gasteiger partial charge in [0.05, 0.1) is 17.2 Å². The topological polar surface area (TPSA) is 124 Å². The lowest BCUT2D eigenvalue weighted by Crippen LogP contribution is -2.74. The Bertz CT molecular complexity index is 1370. The highest BCUT2D eigenvalue weighted by atomic mass is 32.2. The van der Waals surface area contributed by atoms with E-state index in [2.05, 4.69) is 5.32 Å². The average Bonchev–Trinajstić information content (AvgIpc) is 3.35. The molecule has 0 radical (unpaired) electrons. The van der Waals surface area contributed by atoms with Crippen molar-refractivity contribution in [1.29, 1.82) is 0 Å². The van der Waals surface area contributed by atoms with Crippen molar-refractivity contribution in [2.75, 3.05) is 12.3 Å². The van der Waals surface area contributed by atoms with Crippen LogP contribution in [0.1, 0.15) is 10.4 Å². The van der Waals surface area contributed by atoms with Gasteiger partial charge in [-0.1, -0.05) is 23.9 Å². The minimum Gasteiger partial charge on any atom is -0.480 e. The first-order chi connectivity index (χ1) is 16.8. The molecule has 2 amide bonds. The van der Waals surface area contributed by atoms with Gasteiger partial charge in [0.15, 0.2) is 5.43 Å². The zero-order valence-corrected chi connectivity index (χ0v) is 21.4. The van der Waals surface area contributed by atoms with Gasteiger partial charge < -0.3 is 20.4 Å². The van der Waals surface area contributed by atoms with Gasteiger partial charge in [0, 0.05) is 33.3 Å². The summed E-state index contributed by atoms with van der Waals surface area (Å²) >= 11 is 5.17. The molecule has 3 N–H and O–H groups in total. The van der Waals surface area contributed by atoms with Crippen LogP contribution in [0.25, 0.3) is 10.1 Å². The van der Waals surface area contributed by atoms with E-state index in [0.29, 0.717) is 19.9 Å². The predicted octanol–water partition coefficient (Wildman–Crippen LogP) is 2.37. The summed E-state index contributed by atoms with van der Waals surface area (Å²) in [5, 5.41) is 24.4. The summed E-state index contributed by atoms with van der Waals surface area (Å²) < 4.78 is -0.122. The van der Waals surface area contributed by atoms with Crippen molar-refractivity contribution in [3.63, 3.8) is 0 Å². The van der Waals surface area contributed by atoms with Crippen LogP contribution in [0.5, 0.6) is 0 Å². The number of carbonyl (C=O) groups is 3. The van der Waals surface area contributed by atoms with E-state index < -0.39 is 16.8 Å². The summed E-state index contributed by atoms with van der Waals surface area (Å²) in [5.41, 5.74) is 0.443. The molecule has 0 bridgehead atoms. The molecule has 2 fully saturated rings. The van der Waals surface area contributed by atoms with E-state index in [4.69, 9.17) is 0 Å². The summed E-state index contributed by atoms with van der Waals surface area (Å²) in [5.74, 6) is -1.38. The molecule has 5 rings (SSSR count). The summed E-state index contributed by atoms with van der Waals surface area (Å²) in [7, 11) is 0. The molecule has 0 saturated carbocycles. The van der Waals surface area contributed by atoms with E-state index in [-0.39, 0.29) is 47.9 Å². The predicted molar refractivity (Wildman–Crippen MR) is 138 cm³/mol. The zero-order chi connectivity index (χ0) is 24.7. The second kappa shape index (κ2) is 9.58. The number of carbonyl (C=O) groups excluding carboxylic acids is 2. The van der Waals surface area contributed by atoms with Gasteiger partial charge in [-0.25, -0.2) is 0 Å². The quantitative estimate of drug-likeness (QED) is 0.385. The number of thioether (sulfide) groups is 2. The molecule has 35 heavy (non-hydrogen) atoms. The van der Waals surface area contributed by atoms with Gasteiger partial charge >= 0.3 is 5.97 Å². The number of thiophene rings is 1. The van der Waals surface area contributed by atoms with Crippen LogP contribution in [0.2, 0.25) is 0 Å². The summed E-state index contributed by atoms with van der Waals surface area (Å²) in [6.45, 7) is -0.177. The van der Waals surface area contributed by atoms with Crippen molar-refractivity contribution in [3.05, 3.63) is 62.4 Å². The number of fused-ring (bicyclic) bond motifs is 2. The number of hydrogen-bond acceptors (Lipinski definition) is 9. The highest BCUT2D eigenvalue weighted by Crippen LogP contribution is 2.47. The summed E-state index contributed by atoms with van der Waals surface area (Å²) in [4.78, 5) is 52.6. The van der Waals surface area contributed by atoms with Crippen LogP contribution < -0.4 is 10.7 Å². The fourth-order valence-corrected chi connectivity index (χ4v) is 9.26. The SMILES string of the molecule is O=C(Cc1cccs1)NC1C(=O)N2CC(Sc3cc(=O)c4ccc(CO)cc4s3)(C(=O)O)CS[C@H]12. The maximum atomic E-state index is 12.8. The number of nitrogens with zero attached hydrogens (tertiary/aromatic N) is 1. The first-order valence-corrected chi connectivity index (χ1v) is 14.2. The van der Waals surface area contributed by atoms with Gasteiger partial charge in [-0.15, -0.1) is 34.4 Å². The number of aliphatic carboxylic acids is 1. The lowest BCUT2D eigenvalue weighted by molar-refractivity contribution is -0.152. The molecule has 4 heterocycles. The third kappa shape index (κ3) is 4.60. The summed E-state index contributed by atoms with van der Waals surface area (Å²) in [6.07, 6.45) is 0.201. The molecule has 0 aliphatic carbocycles. The lowest BCUT2D eigenvalue weighted by Gasteiger charge is -2.53. The third-order valence-corrected chi connectivity index (χ3v) is 11.0. The van der Waals surface area contributed by atoms with Crippen LogP contribution in [-0.4, -0.2) is 61.4 Å². The summed E-state index contributed by atoms with van der Waals surface area (Å²) in [6, 6.07) is 9.56. The molecule has 2 aromatic heterocycles. The Labute approximate surface area is 216 Å². The Morgan fingerprint density at radius 2 is 2.06 bits per heavy atom. The maximum absolute atomic E-state index is 12.8. The van der Waals surface area contributed by atoms with Gasteiger partial charge in [0.2, 0.25) is 11.8 Å². The molecule has 2 saturated heterocycles. The van der Waals surface area contributed by atoms with Gasteiger partial charge in [-0.2, -0.15) is 0 Å². The van der Waals surface area contributed by atoms with Crippen molar-refractivity contribution < 1.29 is 24.6 Å². The molecule has 3 atom stereocenters. The van der Waals surface area contributed by atoms with Gasteiger partial charge in [-0.3, -0.25) is 19.2 Å². The molecule has 0 spiro atoms. The van der Waals surface area contributed by atoms with Crippen molar-refractivity contribution in [2.24, 2.45) is 0 Å². The Morgan fingerprint density at radius 1 is 1.23 bits per heavy atom. The maximum Gasteiger partial charge on any atom is 0.322 e. The molecule has 1 aromatic carbocycles. The normalized spacial score (nSPS) is 23.6. The number of aliphatic hydroxyl groups is 1. The van der Waals surface area contributed by atoms with E-state index in [1.165, 1.54) is 45.4 Å². The fraction of sp³-hybridized carbons (Fsp3) is 0.304. The van der Waals surface area contributed by atoms with E-state index >= 15 is 0 Å². The van der Waals surface area contributed by atoms with Crippen LogP contribution >= 0.6 is 46.2 Å². The van der Waals surface area contributed by atoms with Crippen LogP contribution in [-0.2, 0) is 27.4 Å². The fourth-order valence-electron chi connectivity index (χ4n) is 4.10. The smallest absolute Gasteiger partial charge is 0.322 e. The van der Waals surface area contributed by atoms with Crippen LogP contribution in [0.4, 0.5) is 0 Å². The number of β-lactam (4-membered cyclic amide) rings is 1. The monoisotopic (exact) mass is 548 g/mol. The molecule has 3 aromatic rings. The molecule has 8 nitrogen and oxygen atoms in total. The van der Waals surface area contributed by atoms with Crippen molar-refractivity contribution in [1.82, 2.24) is 10.2 Å². The Balaban J connectivity index is 1.32. The van der Waals surface area contributed by atoms with Crippen LogP contribution in [0.15, 0.2) is 50.8 Å². The number of carboxylic acids is 1. The minimum absolute atomic E-state index is 0.0174. The Morgan fingerprint density at radius 3 is 2.77 bits per heavy atom. The second-order valence-corrected chi connectivity index (χ2v) is 13.2. The molecule has 2 unspecified atom stereocenters. The average molecular weight is 549 g/mol. The van der Waals surface area contributed by atoms with Crippen molar-refractivity contribution in [2.45, 2.75) is 33.4 Å². The first kappa shape index (κ1) is 24.3. The molecule has 182 valence electrons. The van der Waals surface area contributed by atoms with E-state index in [9.17, 15) is 29.4 Å². The third-order valence-electron chi connectivity index (χ3n) is 5.93. The standard InChI is InChI=1S/C23H20N2O6S4/c26-9-12-3-4-14-15(27)8-18(34-16(14)6-12)35-23(22(30)31)10-25-20(29)19(21(25)33-11-23)24-17(28)7-13-2-1-5-32-13/h1-6,8,19,21,26H,7,9-11H2,(H,24,28)(H,30,31)/t19?,21-,23?/m1/s1. The number of rotatable bonds is 7. The lowest BCUT2D eigenvalue weighted by atomic mass is 10.0.